The van der Waals surface area contributed by atoms with Crippen molar-refractivity contribution in [3.05, 3.63) is 114 Å². The lowest BCUT2D eigenvalue weighted by Crippen LogP contribution is -2.00. The van der Waals surface area contributed by atoms with E-state index >= 15 is 0 Å². The van der Waals surface area contributed by atoms with E-state index < -0.39 is 0 Å². The van der Waals surface area contributed by atoms with Gasteiger partial charge in [0.05, 0.1) is 5.57 Å². The molecule has 0 N–H and O–H groups in total. The standard InChI is InChI=1S/C30H16N2O4/c33-26-22-14-20-8-4-5-9-21(20)15-23(22)27(34)24(26)16-25-31-29-30(35-25)32-28(36-29)19-12-10-18(11-13-19)17-6-2-1-3-7-17/h1-16H. The molecule has 6 aromatic rings. The minimum Gasteiger partial charge on any atom is -0.415 e. The summed E-state index contributed by atoms with van der Waals surface area (Å²) in [5, 5.41) is 1.81. The van der Waals surface area contributed by atoms with Crippen LogP contribution in [0.4, 0.5) is 0 Å². The van der Waals surface area contributed by atoms with Crippen LogP contribution in [0, 0.1) is 0 Å². The van der Waals surface area contributed by atoms with Crippen molar-refractivity contribution in [3.63, 3.8) is 0 Å². The molecule has 0 spiro atoms. The number of hydrogen-bond donors (Lipinski definition) is 0. The number of carbonyl (C=O) groups excluding carboxylic acids is 2. The van der Waals surface area contributed by atoms with E-state index in [0.717, 1.165) is 27.5 Å². The summed E-state index contributed by atoms with van der Waals surface area (Å²) >= 11 is 0. The van der Waals surface area contributed by atoms with Gasteiger partial charge in [0, 0.05) is 22.8 Å². The molecule has 0 saturated heterocycles. The predicted molar refractivity (Wildman–Crippen MR) is 136 cm³/mol. The van der Waals surface area contributed by atoms with Crippen LogP contribution >= 0.6 is 0 Å². The minimum absolute atomic E-state index is 0.0148. The summed E-state index contributed by atoms with van der Waals surface area (Å²) in [5.74, 6) is -0.219. The molecule has 0 fully saturated rings. The van der Waals surface area contributed by atoms with Gasteiger partial charge in [-0.1, -0.05) is 66.7 Å². The van der Waals surface area contributed by atoms with Crippen molar-refractivity contribution < 1.29 is 18.4 Å². The van der Waals surface area contributed by atoms with Gasteiger partial charge in [-0.15, -0.1) is 0 Å². The van der Waals surface area contributed by atoms with Crippen molar-refractivity contribution in [2.24, 2.45) is 0 Å². The summed E-state index contributed by atoms with van der Waals surface area (Å²) in [6.45, 7) is 0. The molecule has 0 saturated carbocycles. The average molecular weight is 468 g/mol. The number of ketones is 2. The van der Waals surface area contributed by atoms with Crippen LogP contribution in [0.1, 0.15) is 26.6 Å². The van der Waals surface area contributed by atoms with Gasteiger partial charge in [0.2, 0.25) is 11.8 Å². The molecule has 0 atom stereocenters. The number of allylic oxidation sites excluding steroid dienone is 1. The van der Waals surface area contributed by atoms with Gasteiger partial charge in [0.25, 0.3) is 11.4 Å². The fraction of sp³-hybridized carbons (Fsp3) is 0. The monoisotopic (exact) mass is 468 g/mol. The topological polar surface area (TPSA) is 86.2 Å². The summed E-state index contributed by atoms with van der Waals surface area (Å²) in [6, 6.07) is 29.0. The zero-order valence-electron chi connectivity index (χ0n) is 18.8. The molecule has 0 unspecified atom stereocenters. The van der Waals surface area contributed by atoms with Gasteiger partial charge in [-0.05, 0) is 46.2 Å². The first-order chi connectivity index (χ1) is 17.6. The molecular formula is C30H16N2O4. The van der Waals surface area contributed by atoms with E-state index in [4.69, 9.17) is 8.83 Å². The lowest BCUT2D eigenvalue weighted by molar-refractivity contribution is 0.0990. The predicted octanol–water partition coefficient (Wildman–Crippen LogP) is 6.77. The molecule has 2 aromatic heterocycles. The summed E-state index contributed by atoms with van der Waals surface area (Å²) in [5.41, 5.74) is 4.18. The molecular weight excluding hydrogens is 452 g/mol. The molecule has 36 heavy (non-hydrogen) atoms. The number of benzene rings is 4. The maximum Gasteiger partial charge on any atom is 0.288 e. The average Bonchev–Trinajstić information content (AvgIpc) is 3.56. The molecule has 1 aliphatic carbocycles. The van der Waals surface area contributed by atoms with Crippen LogP contribution in [0.2, 0.25) is 0 Å². The Morgan fingerprint density at radius 2 is 1.14 bits per heavy atom. The largest absolute Gasteiger partial charge is 0.415 e. The van der Waals surface area contributed by atoms with E-state index in [2.05, 4.69) is 9.97 Å². The van der Waals surface area contributed by atoms with Crippen LogP contribution in [-0.2, 0) is 0 Å². The maximum absolute atomic E-state index is 13.0. The third-order valence-corrected chi connectivity index (χ3v) is 6.36. The van der Waals surface area contributed by atoms with E-state index in [9.17, 15) is 9.59 Å². The van der Waals surface area contributed by atoms with Gasteiger partial charge in [-0.2, -0.15) is 9.97 Å². The highest BCUT2D eigenvalue weighted by Crippen LogP contribution is 2.33. The number of rotatable bonds is 3. The van der Waals surface area contributed by atoms with E-state index in [1.54, 1.807) is 12.1 Å². The van der Waals surface area contributed by atoms with Gasteiger partial charge in [-0.25, -0.2) is 0 Å². The number of carbonyl (C=O) groups is 2. The second-order valence-corrected chi connectivity index (χ2v) is 8.59. The normalized spacial score (nSPS) is 13.1. The molecule has 0 radical (unpaired) electrons. The van der Waals surface area contributed by atoms with Crippen LogP contribution in [0.25, 0.3) is 50.9 Å². The fourth-order valence-electron chi connectivity index (χ4n) is 4.54. The number of fused-ring (bicyclic) bond motifs is 3. The second-order valence-electron chi connectivity index (χ2n) is 8.59. The van der Waals surface area contributed by atoms with Crippen LogP contribution in [0.3, 0.4) is 0 Å². The Bertz CT molecular complexity index is 1770. The van der Waals surface area contributed by atoms with Gasteiger partial charge >= 0.3 is 0 Å². The third-order valence-electron chi connectivity index (χ3n) is 6.36. The lowest BCUT2D eigenvalue weighted by atomic mass is 10.0. The Morgan fingerprint density at radius 1 is 0.583 bits per heavy atom. The van der Waals surface area contributed by atoms with E-state index in [1.807, 2.05) is 78.9 Å². The number of hydrogen-bond acceptors (Lipinski definition) is 6. The van der Waals surface area contributed by atoms with Gasteiger partial charge < -0.3 is 8.83 Å². The first-order valence-electron chi connectivity index (χ1n) is 11.4. The summed E-state index contributed by atoms with van der Waals surface area (Å²) in [4.78, 5) is 34.7. The molecule has 1 aliphatic rings. The first-order valence-corrected chi connectivity index (χ1v) is 11.4. The van der Waals surface area contributed by atoms with Crippen molar-refractivity contribution in [2.75, 3.05) is 0 Å². The Balaban J connectivity index is 1.19. The fourth-order valence-corrected chi connectivity index (χ4v) is 4.54. The molecule has 170 valence electrons. The highest BCUT2D eigenvalue weighted by molar-refractivity contribution is 6.42. The molecule has 6 heteroatoms. The molecule has 7 rings (SSSR count). The lowest BCUT2D eigenvalue weighted by Gasteiger charge is -2.02. The van der Waals surface area contributed by atoms with Crippen LogP contribution in [0.5, 0.6) is 0 Å². The smallest absolute Gasteiger partial charge is 0.288 e. The van der Waals surface area contributed by atoms with Gasteiger partial charge in [0.1, 0.15) is 0 Å². The van der Waals surface area contributed by atoms with Crippen molar-refractivity contribution in [1.82, 2.24) is 9.97 Å². The van der Waals surface area contributed by atoms with Crippen molar-refractivity contribution in [2.45, 2.75) is 0 Å². The van der Waals surface area contributed by atoms with Gasteiger partial charge in [0.15, 0.2) is 11.6 Å². The Hall–Kier alpha value is -5.10. The van der Waals surface area contributed by atoms with Crippen LogP contribution < -0.4 is 0 Å². The van der Waals surface area contributed by atoms with Gasteiger partial charge in [-0.3, -0.25) is 9.59 Å². The molecule has 0 aliphatic heterocycles. The SMILES string of the molecule is O=C1C(=Cc2nc3oc(-c4ccc(-c5ccccc5)cc4)nc3o2)C(=O)c2cc3ccccc3cc21. The highest BCUT2D eigenvalue weighted by atomic mass is 16.4. The molecule has 0 bridgehead atoms. The van der Waals surface area contributed by atoms with Crippen molar-refractivity contribution >= 4 is 39.8 Å². The molecule has 4 aromatic carbocycles. The maximum atomic E-state index is 13.0. The van der Waals surface area contributed by atoms with E-state index in [-0.39, 0.29) is 34.5 Å². The first kappa shape index (κ1) is 20.3. The zero-order chi connectivity index (χ0) is 24.2. The Morgan fingerprint density at radius 3 is 1.78 bits per heavy atom. The molecule has 0 amide bonds. The second kappa shape index (κ2) is 7.71. The summed E-state index contributed by atoms with van der Waals surface area (Å²) < 4.78 is 11.5. The highest BCUT2D eigenvalue weighted by Gasteiger charge is 2.34. The third kappa shape index (κ3) is 3.20. The molecule has 2 heterocycles. The number of oxazole rings is 2. The Labute approximate surface area is 204 Å². The number of Topliss-reactive ketones (excluding diaryl/α,β-unsaturated/α-hetero) is 2. The van der Waals surface area contributed by atoms with Crippen LogP contribution in [0.15, 0.2) is 105 Å². The van der Waals surface area contributed by atoms with E-state index in [1.165, 1.54) is 6.08 Å². The summed E-state index contributed by atoms with van der Waals surface area (Å²) in [6.07, 6.45) is 1.36. The number of nitrogens with zero attached hydrogens (tertiary/aromatic N) is 2. The summed E-state index contributed by atoms with van der Waals surface area (Å²) in [7, 11) is 0. The molecule has 6 nitrogen and oxygen atoms in total. The Kier molecular flexibility index (Phi) is 4.35. The van der Waals surface area contributed by atoms with E-state index in [0.29, 0.717) is 17.0 Å². The van der Waals surface area contributed by atoms with Crippen molar-refractivity contribution in [3.8, 4) is 22.6 Å². The quantitative estimate of drug-likeness (QED) is 0.211. The zero-order valence-corrected chi connectivity index (χ0v) is 18.8. The minimum atomic E-state index is -0.345. The van der Waals surface area contributed by atoms with Crippen molar-refractivity contribution in [1.29, 1.82) is 0 Å². The number of aromatic nitrogens is 2. The van der Waals surface area contributed by atoms with Crippen LogP contribution in [-0.4, -0.2) is 21.5 Å².